The second kappa shape index (κ2) is 5.45. The van der Waals surface area contributed by atoms with Gasteiger partial charge in [0, 0.05) is 17.2 Å². The molecular formula is C17H10F3N3S. The lowest BCUT2D eigenvalue weighted by molar-refractivity contribution is 0.496. The third-order valence-corrected chi connectivity index (χ3v) is 4.50. The van der Waals surface area contributed by atoms with Gasteiger partial charge < -0.3 is 4.98 Å². The van der Waals surface area contributed by atoms with Crippen LogP contribution in [-0.4, -0.2) is 15.0 Å². The molecule has 0 radical (unpaired) electrons. The molecule has 0 aliphatic rings. The lowest BCUT2D eigenvalue weighted by Gasteiger charge is -2.06. The smallest absolute Gasteiger partial charge is 0.161 e. The molecule has 2 aromatic heterocycles. The Balaban J connectivity index is 1.94. The quantitative estimate of drug-likeness (QED) is 0.515. The van der Waals surface area contributed by atoms with E-state index in [2.05, 4.69) is 15.0 Å². The molecule has 7 heteroatoms. The van der Waals surface area contributed by atoms with Gasteiger partial charge in [-0.15, -0.1) is 11.3 Å². The summed E-state index contributed by atoms with van der Waals surface area (Å²) in [4.78, 5) is 11.5. The van der Waals surface area contributed by atoms with Gasteiger partial charge >= 0.3 is 0 Å². The SMILES string of the molecule is Cc1nc(-c2cc(F)c(F)cc2F)c(-c2ccc3ncsc3c2)[nH]1. The van der Waals surface area contributed by atoms with E-state index in [1.165, 1.54) is 11.3 Å². The molecule has 24 heavy (non-hydrogen) atoms. The number of nitrogens with zero attached hydrogens (tertiary/aromatic N) is 2. The fourth-order valence-corrected chi connectivity index (χ4v) is 3.33. The molecule has 0 spiro atoms. The number of hydrogen-bond donors (Lipinski definition) is 1. The van der Waals surface area contributed by atoms with E-state index in [0.717, 1.165) is 21.8 Å². The molecule has 4 aromatic rings. The molecular weight excluding hydrogens is 335 g/mol. The van der Waals surface area contributed by atoms with Crippen molar-refractivity contribution in [2.45, 2.75) is 6.92 Å². The number of H-pyrrole nitrogens is 1. The highest BCUT2D eigenvalue weighted by Crippen LogP contribution is 2.34. The minimum atomic E-state index is -1.23. The second-order valence-electron chi connectivity index (χ2n) is 5.33. The summed E-state index contributed by atoms with van der Waals surface area (Å²) >= 11 is 1.48. The molecule has 0 amide bonds. The summed E-state index contributed by atoms with van der Waals surface area (Å²) in [6.45, 7) is 1.72. The van der Waals surface area contributed by atoms with Crippen LogP contribution in [-0.2, 0) is 0 Å². The van der Waals surface area contributed by atoms with Crippen molar-refractivity contribution in [1.29, 1.82) is 0 Å². The first-order valence-electron chi connectivity index (χ1n) is 7.08. The molecule has 0 aliphatic carbocycles. The number of rotatable bonds is 2. The van der Waals surface area contributed by atoms with Crippen LogP contribution in [0.15, 0.2) is 35.8 Å². The highest BCUT2D eigenvalue weighted by Gasteiger charge is 2.19. The van der Waals surface area contributed by atoms with Crippen molar-refractivity contribution in [2.75, 3.05) is 0 Å². The monoisotopic (exact) mass is 345 g/mol. The fraction of sp³-hybridized carbons (Fsp3) is 0.0588. The van der Waals surface area contributed by atoms with Crippen molar-refractivity contribution in [3.8, 4) is 22.5 Å². The zero-order valence-corrected chi connectivity index (χ0v) is 13.2. The molecule has 0 saturated heterocycles. The summed E-state index contributed by atoms with van der Waals surface area (Å²) in [6.07, 6.45) is 0. The van der Waals surface area contributed by atoms with Crippen LogP contribution in [0.25, 0.3) is 32.7 Å². The van der Waals surface area contributed by atoms with Crippen molar-refractivity contribution in [3.63, 3.8) is 0 Å². The Morgan fingerprint density at radius 1 is 1.00 bits per heavy atom. The first-order chi connectivity index (χ1) is 11.5. The molecule has 0 fully saturated rings. The molecule has 4 rings (SSSR count). The molecule has 120 valence electrons. The maximum absolute atomic E-state index is 14.2. The minimum absolute atomic E-state index is 0.0855. The summed E-state index contributed by atoms with van der Waals surface area (Å²) < 4.78 is 41.9. The van der Waals surface area contributed by atoms with Gasteiger partial charge in [-0.2, -0.15) is 0 Å². The number of nitrogens with one attached hydrogen (secondary N) is 1. The minimum Gasteiger partial charge on any atom is -0.342 e. The van der Waals surface area contributed by atoms with Crippen molar-refractivity contribution >= 4 is 21.6 Å². The predicted octanol–water partition coefficient (Wildman–Crippen LogP) is 5.08. The Morgan fingerprint density at radius 2 is 1.79 bits per heavy atom. The highest BCUT2D eigenvalue weighted by molar-refractivity contribution is 7.16. The zero-order chi connectivity index (χ0) is 16.8. The van der Waals surface area contributed by atoms with E-state index in [9.17, 15) is 13.2 Å². The second-order valence-corrected chi connectivity index (χ2v) is 6.21. The molecule has 0 bridgehead atoms. The first kappa shape index (κ1) is 14.9. The summed E-state index contributed by atoms with van der Waals surface area (Å²) in [5.41, 5.74) is 4.08. The third kappa shape index (κ3) is 2.37. The Bertz CT molecular complexity index is 1070. The standard InChI is InChI=1S/C17H10F3N3S/c1-8-22-16(9-2-3-14-15(4-9)24-7-21-14)17(23-8)10-5-12(19)13(20)6-11(10)18/h2-7H,1H3,(H,22,23). The van der Waals surface area contributed by atoms with Gasteiger partial charge in [-0.1, -0.05) is 6.07 Å². The lowest BCUT2D eigenvalue weighted by atomic mass is 10.0. The van der Waals surface area contributed by atoms with Crippen LogP contribution in [0.2, 0.25) is 0 Å². The van der Waals surface area contributed by atoms with Gasteiger partial charge in [0.25, 0.3) is 0 Å². The topological polar surface area (TPSA) is 41.6 Å². The molecule has 1 N–H and O–H groups in total. The molecule has 0 unspecified atom stereocenters. The fourth-order valence-electron chi connectivity index (χ4n) is 2.61. The molecule has 3 nitrogen and oxygen atoms in total. The van der Waals surface area contributed by atoms with Crippen LogP contribution >= 0.6 is 11.3 Å². The lowest BCUT2D eigenvalue weighted by Crippen LogP contribution is -1.93. The summed E-state index contributed by atoms with van der Waals surface area (Å²) in [5, 5.41) is 0. The van der Waals surface area contributed by atoms with Crippen LogP contribution < -0.4 is 0 Å². The normalized spacial score (nSPS) is 11.3. The number of fused-ring (bicyclic) bond motifs is 1. The largest absolute Gasteiger partial charge is 0.342 e. The van der Waals surface area contributed by atoms with Gasteiger partial charge in [0.05, 0.1) is 27.1 Å². The van der Waals surface area contributed by atoms with Crippen LogP contribution in [0.3, 0.4) is 0 Å². The van der Waals surface area contributed by atoms with Crippen molar-refractivity contribution in [1.82, 2.24) is 15.0 Å². The molecule has 2 aromatic carbocycles. The average molecular weight is 345 g/mol. The maximum Gasteiger partial charge on any atom is 0.161 e. The number of halogens is 3. The first-order valence-corrected chi connectivity index (χ1v) is 7.96. The number of aromatic amines is 1. The Kier molecular flexibility index (Phi) is 3.38. The van der Waals surface area contributed by atoms with E-state index >= 15 is 0 Å². The van der Waals surface area contributed by atoms with E-state index in [1.54, 1.807) is 12.4 Å². The molecule has 0 aliphatic heterocycles. The molecule has 2 heterocycles. The van der Waals surface area contributed by atoms with E-state index < -0.39 is 17.5 Å². The number of aromatic nitrogens is 3. The van der Waals surface area contributed by atoms with E-state index in [1.807, 2.05) is 18.2 Å². The Hall–Kier alpha value is -2.67. The van der Waals surface area contributed by atoms with Gasteiger partial charge in [0.1, 0.15) is 11.6 Å². The zero-order valence-electron chi connectivity index (χ0n) is 12.4. The van der Waals surface area contributed by atoms with Crippen molar-refractivity contribution in [3.05, 3.63) is 59.1 Å². The number of hydrogen-bond acceptors (Lipinski definition) is 3. The van der Waals surface area contributed by atoms with E-state index in [4.69, 9.17) is 0 Å². The Labute approximate surface area is 138 Å². The number of imidazole rings is 1. The van der Waals surface area contributed by atoms with Gasteiger partial charge in [0.15, 0.2) is 11.6 Å². The van der Waals surface area contributed by atoms with Gasteiger partial charge in [0.2, 0.25) is 0 Å². The van der Waals surface area contributed by atoms with Crippen molar-refractivity contribution in [2.24, 2.45) is 0 Å². The van der Waals surface area contributed by atoms with Crippen LogP contribution in [0, 0.1) is 24.4 Å². The summed E-state index contributed by atoms with van der Waals surface area (Å²) in [5.74, 6) is -2.65. The molecule has 0 atom stereocenters. The van der Waals surface area contributed by atoms with Gasteiger partial charge in [-0.05, 0) is 25.1 Å². The van der Waals surface area contributed by atoms with Gasteiger partial charge in [-0.3, -0.25) is 0 Å². The highest BCUT2D eigenvalue weighted by atomic mass is 32.1. The number of thiazole rings is 1. The average Bonchev–Trinajstić information content (AvgIpc) is 3.16. The van der Waals surface area contributed by atoms with Crippen LogP contribution in [0.5, 0.6) is 0 Å². The van der Waals surface area contributed by atoms with Crippen LogP contribution in [0.4, 0.5) is 13.2 Å². The van der Waals surface area contributed by atoms with Gasteiger partial charge in [-0.25, -0.2) is 23.1 Å². The Morgan fingerprint density at radius 3 is 2.62 bits per heavy atom. The van der Waals surface area contributed by atoms with Crippen molar-refractivity contribution < 1.29 is 13.2 Å². The van der Waals surface area contributed by atoms with E-state index in [0.29, 0.717) is 17.6 Å². The number of benzene rings is 2. The predicted molar refractivity (Wildman–Crippen MR) is 87.2 cm³/mol. The number of aryl methyl sites for hydroxylation is 1. The maximum atomic E-state index is 14.2. The van der Waals surface area contributed by atoms with E-state index in [-0.39, 0.29) is 11.3 Å². The summed E-state index contributed by atoms with van der Waals surface area (Å²) in [6, 6.07) is 6.94. The van der Waals surface area contributed by atoms with Crippen LogP contribution in [0.1, 0.15) is 5.82 Å². The third-order valence-electron chi connectivity index (χ3n) is 3.71. The summed E-state index contributed by atoms with van der Waals surface area (Å²) in [7, 11) is 0. The molecule has 0 saturated carbocycles.